The Morgan fingerprint density at radius 2 is 2.29 bits per heavy atom. The van der Waals surface area contributed by atoms with E-state index in [1.165, 1.54) is 17.0 Å². The lowest BCUT2D eigenvalue weighted by Gasteiger charge is -2.39. The number of aliphatic carboxylic acids is 1. The van der Waals surface area contributed by atoms with Crippen molar-refractivity contribution in [1.29, 1.82) is 0 Å². The van der Waals surface area contributed by atoms with Crippen molar-refractivity contribution >= 4 is 27.8 Å². The Kier molecular flexibility index (Phi) is 4.95. The Balaban J connectivity index is 2.48. The molecule has 0 saturated carbocycles. The molecular formula is C14H15BrFNO4. The number of ether oxygens (including phenoxy) is 1. The number of rotatable bonds is 4. The third-order valence-electron chi connectivity index (χ3n) is 3.32. The number of halogens is 2. The summed E-state index contributed by atoms with van der Waals surface area (Å²) in [6.07, 6.45) is -0.628. The smallest absolute Gasteiger partial charge is 0.335 e. The van der Waals surface area contributed by atoms with Crippen LogP contribution in [0, 0.1) is 5.82 Å². The summed E-state index contributed by atoms with van der Waals surface area (Å²) in [7, 11) is 0. The number of carboxylic acids is 1. The van der Waals surface area contributed by atoms with Gasteiger partial charge in [-0.25, -0.2) is 9.18 Å². The minimum absolute atomic E-state index is 0.145. The van der Waals surface area contributed by atoms with Crippen molar-refractivity contribution < 1.29 is 23.8 Å². The number of hydrogen-bond donors (Lipinski definition) is 1. The van der Waals surface area contributed by atoms with Gasteiger partial charge < -0.3 is 14.7 Å². The average Bonchev–Trinajstić information content (AvgIpc) is 2.41. The number of benzene rings is 1. The van der Waals surface area contributed by atoms with Crippen LogP contribution in [0.25, 0.3) is 0 Å². The zero-order valence-corrected chi connectivity index (χ0v) is 13.0. The molecule has 21 heavy (non-hydrogen) atoms. The fraction of sp³-hybridized carbons (Fsp3) is 0.429. The molecule has 1 aromatic rings. The van der Waals surface area contributed by atoms with Crippen molar-refractivity contribution in [1.82, 2.24) is 4.90 Å². The maximum Gasteiger partial charge on any atom is 0.335 e. The second-order valence-corrected chi connectivity index (χ2v) is 5.68. The van der Waals surface area contributed by atoms with Gasteiger partial charge >= 0.3 is 5.97 Å². The average molecular weight is 360 g/mol. The molecule has 5 nitrogen and oxygen atoms in total. The van der Waals surface area contributed by atoms with Crippen molar-refractivity contribution in [2.24, 2.45) is 0 Å². The van der Waals surface area contributed by atoms with Gasteiger partial charge in [-0.15, -0.1) is 0 Å². The van der Waals surface area contributed by atoms with Gasteiger partial charge in [0.25, 0.3) is 0 Å². The SMILES string of the molecule is CCCN1C(=O)COC(C(=O)O)C1c1ccc(Br)cc1F. The largest absolute Gasteiger partial charge is 0.479 e. The van der Waals surface area contributed by atoms with Gasteiger partial charge in [0.15, 0.2) is 6.10 Å². The maximum absolute atomic E-state index is 14.2. The van der Waals surface area contributed by atoms with Crippen molar-refractivity contribution in [3.63, 3.8) is 0 Å². The second-order valence-electron chi connectivity index (χ2n) is 4.77. The van der Waals surface area contributed by atoms with Crippen LogP contribution in [0.2, 0.25) is 0 Å². The molecular weight excluding hydrogens is 345 g/mol. The number of hydrogen-bond acceptors (Lipinski definition) is 3. The molecule has 1 heterocycles. The summed E-state index contributed by atoms with van der Waals surface area (Å²) in [6.45, 7) is 1.92. The molecule has 0 bridgehead atoms. The van der Waals surface area contributed by atoms with E-state index in [1.807, 2.05) is 6.92 Å². The van der Waals surface area contributed by atoms with E-state index >= 15 is 0 Å². The Morgan fingerprint density at radius 1 is 1.57 bits per heavy atom. The summed E-state index contributed by atoms with van der Waals surface area (Å²) >= 11 is 3.15. The molecule has 2 atom stereocenters. The van der Waals surface area contributed by atoms with Crippen molar-refractivity contribution in [3.05, 3.63) is 34.1 Å². The highest BCUT2D eigenvalue weighted by atomic mass is 79.9. The van der Waals surface area contributed by atoms with Gasteiger partial charge in [-0.05, 0) is 18.6 Å². The molecule has 1 aliphatic heterocycles. The first-order chi connectivity index (χ1) is 9.95. The fourth-order valence-corrected chi connectivity index (χ4v) is 2.77. The van der Waals surface area contributed by atoms with E-state index in [9.17, 15) is 19.1 Å². The van der Waals surface area contributed by atoms with Crippen molar-refractivity contribution in [2.75, 3.05) is 13.2 Å². The van der Waals surface area contributed by atoms with Gasteiger partial charge in [0, 0.05) is 16.6 Å². The number of amides is 1. The number of nitrogens with zero attached hydrogens (tertiary/aromatic N) is 1. The normalized spacial score (nSPS) is 22.4. The first-order valence-electron chi connectivity index (χ1n) is 6.54. The molecule has 1 aromatic carbocycles. The predicted octanol–water partition coefficient (Wildman–Crippen LogP) is 2.35. The number of morpholine rings is 1. The molecule has 114 valence electrons. The number of carbonyl (C=O) groups excluding carboxylic acids is 1. The molecule has 1 saturated heterocycles. The molecule has 0 spiro atoms. The van der Waals surface area contributed by atoms with E-state index in [4.69, 9.17) is 4.74 Å². The summed E-state index contributed by atoms with van der Waals surface area (Å²) < 4.78 is 19.8. The zero-order valence-electron chi connectivity index (χ0n) is 11.4. The lowest BCUT2D eigenvalue weighted by molar-refractivity contribution is -0.173. The van der Waals surface area contributed by atoms with E-state index < -0.39 is 23.9 Å². The molecule has 1 amide bonds. The van der Waals surface area contributed by atoms with E-state index in [0.717, 1.165) is 0 Å². The highest BCUT2D eigenvalue weighted by Gasteiger charge is 2.42. The highest BCUT2D eigenvalue weighted by Crippen LogP contribution is 2.33. The van der Waals surface area contributed by atoms with Gasteiger partial charge in [-0.3, -0.25) is 4.79 Å². The Morgan fingerprint density at radius 3 is 2.86 bits per heavy atom. The van der Waals surface area contributed by atoms with Gasteiger partial charge in [-0.2, -0.15) is 0 Å². The first-order valence-corrected chi connectivity index (χ1v) is 7.33. The van der Waals surface area contributed by atoms with Crippen molar-refractivity contribution in [2.45, 2.75) is 25.5 Å². The second kappa shape index (κ2) is 6.53. The molecule has 7 heteroatoms. The Bertz CT molecular complexity index is 566. The molecule has 1 N–H and O–H groups in total. The Labute approximate surface area is 129 Å². The lowest BCUT2D eigenvalue weighted by atomic mass is 9.97. The highest BCUT2D eigenvalue weighted by molar-refractivity contribution is 9.10. The monoisotopic (exact) mass is 359 g/mol. The predicted molar refractivity (Wildman–Crippen MR) is 76.2 cm³/mol. The van der Waals surface area contributed by atoms with Crippen LogP contribution in [0.3, 0.4) is 0 Å². The molecule has 1 fully saturated rings. The number of carbonyl (C=O) groups is 2. The van der Waals surface area contributed by atoms with E-state index in [1.54, 1.807) is 6.07 Å². The summed E-state index contributed by atoms with van der Waals surface area (Å²) in [5.41, 5.74) is 0.145. The van der Waals surface area contributed by atoms with E-state index in [2.05, 4.69) is 15.9 Å². The standard InChI is InChI=1S/C14H15BrFNO4/c1-2-5-17-11(18)7-21-13(14(19)20)12(17)9-4-3-8(15)6-10(9)16/h3-4,6,12-13H,2,5,7H2,1H3,(H,19,20). The molecule has 0 aromatic heterocycles. The van der Waals surface area contributed by atoms with Crippen LogP contribution in [-0.4, -0.2) is 41.1 Å². The molecule has 2 rings (SSSR count). The third kappa shape index (κ3) is 3.24. The fourth-order valence-electron chi connectivity index (χ4n) is 2.44. The van der Waals surface area contributed by atoms with Gasteiger partial charge in [-0.1, -0.05) is 28.9 Å². The van der Waals surface area contributed by atoms with Crippen LogP contribution in [0.4, 0.5) is 4.39 Å². The van der Waals surface area contributed by atoms with Crippen molar-refractivity contribution in [3.8, 4) is 0 Å². The summed E-state index contributed by atoms with van der Waals surface area (Å²) in [5.74, 6) is -2.11. The zero-order chi connectivity index (χ0) is 15.6. The van der Waals surface area contributed by atoms with Crippen LogP contribution in [0.5, 0.6) is 0 Å². The van der Waals surface area contributed by atoms with Gasteiger partial charge in [0.2, 0.25) is 5.91 Å². The van der Waals surface area contributed by atoms with Crippen LogP contribution in [0.15, 0.2) is 22.7 Å². The Hall–Kier alpha value is -1.47. The minimum atomic E-state index is -1.27. The van der Waals surface area contributed by atoms with Crippen LogP contribution >= 0.6 is 15.9 Å². The van der Waals surface area contributed by atoms with Gasteiger partial charge in [0.1, 0.15) is 12.4 Å². The van der Waals surface area contributed by atoms with Crippen LogP contribution in [-0.2, 0) is 14.3 Å². The number of carboxylic acid groups (broad SMARTS) is 1. The minimum Gasteiger partial charge on any atom is -0.479 e. The van der Waals surface area contributed by atoms with Crippen LogP contribution in [0.1, 0.15) is 24.9 Å². The maximum atomic E-state index is 14.2. The first kappa shape index (κ1) is 15.9. The topological polar surface area (TPSA) is 66.8 Å². The summed E-state index contributed by atoms with van der Waals surface area (Å²) in [5, 5.41) is 9.29. The molecule has 1 aliphatic rings. The summed E-state index contributed by atoms with van der Waals surface area (Å²) in [6, 6.07) is 3.37. The van der Waals surface area contributed by atoms with Gasteiger partial charge in [0.05, 0.1) is 6.04 Å². The summed E-state index contributed by atoms with van der Waals surface area (Å²) in [4.78, 5) is 24.8. The quantitative estimate of drug-likeness (QED) is 0.895. The van der Waals surface area contributed by atoms with E-state index in [0.29, 0.717) is 17.4 Å². The van der Waals surface area contributed by atoms with E-state index in [-0.39, 0.29) is 18.1 Å². The third-order valence-corrected chi connectivity index (χ3v) is 3.81. The lowest BCUT2D eigenvalue weighted by Crippen LogP contribution is -2.52. The van der Waals surface area contributed by atoms with Crippen LogP contribution < -0.4 is 0 Å². The molecule has 2 unspecified atom stereocenters. The molecule has 0 radical (unpaired) electrons. The molecule has 0 aliphatic carbocycles.